The van der Waals surface area contributed by atoms with Gasteiger partial charge in [-0.05, 0) is 48.5 Å². The maximum absolute atomic E-state index is 3.69. The normalized spacial score (nSPS) is 12.1. The van der Waals surface area contributed by atoms with E-state index >= 15 is 0 Å². The van der Waals surface area contributed by atoms with Gasteiger partial charge in [0.2, 0.25) is 0 Å². The molecule has 1 aromatic heterocycles. The minimum absolute atomic E-state index is 1.06. The second-order valence-corrected chi connectivity index (χ2v) is 9.68. The minimum atomic E-state index is 1.06. The molecule has 1 aliphatic heterocycles. The first kappa shape index (κ1) is 20.3. The maximum Gasteiger partial charge on any atom is 0.0641 e. The number of hydrogen-bond donors (Lipinski definition) is 0. The van der Waals surface area contributed by atoms with Crippen molar-refractivity contribution >= 4 is 43.9 Å². The third kappa shape index (κ3) is 3.09. The number of hydrogen-bond acceptors (Lipinski definition) is 1. The standard InChI is InChI=1S/C32H21BrN2/c33-22-11-10-14-24(21-22)34-28-18-7-4-15-25(28)31-26-16-5-8-19-29(26)35(23-12-2-1-3-13-23)32(31)27-17-6-9-20-30(27)34/h1-21H. The van der Waals surface area contributed by atoms with Crippen LogP contribution in [0.15, 0.2) is 132 Å². The number of halogens is 1. The monoisotopic (exact) mass is 512 g/mol. The molecule has 2 heterocycles. The highest BCUT2D eigenvalue weighted by molar-refractivity contribution is 9.10. The van der Waals surface area contributed by atoms with Crippen LogP contribution in [0.1, 0.15) is 0 Å². The number of para-hydroxylation sites is 4. The van der Waals surface area contributed by atoms with E-state index in [1.807, 2.05) is 0 Å². The molecule has 0 radical (unpaired) electrons. The van der Waals surface area contributed by atoms with E-state index in [2.05, 4.69) is 153 Å². The zero-order chi connectivity index (χ0) is 23.4. The van der Waals surface area contributed by atoms with Gasteiger partial charge in [-0.3, -0.25) is 0 Å². The molecule has 2 nitrogen and oxygen atoms in total. The molecule has 0 aliphatic carbocycles. The summed E-state index contributed by atoms with van der Waals surface area (Å²) < 4.78 is 3.48. The highest BCUT2D eigenvalue weighted by atomic mass is 79.9. The van der Waals surface area contributed by atoms with Gasteiger partial charge in [-0.2, -0.15) is 0 Å². The maximum atomic E-state index is 3.69. The molecule has 0 bridgehead atoms. The molecule has 0 amide bonds. The zero-order valence-electron chi connectivity index (χ0n) is 18.9. The van der Waals surface area contributed by atoms with Crippen LogP contribution in [0, 0.1) is 0 Å². The molecule has 0 saturated heterocycles. The number of aromatic nitrogens is 1. The summed E-state index contributed by atoms with van der Waals surface area (Å²) >= 11 is 3.69. The SMILES string of the molecule is Brc1cccc(N2c3ccccc3-c3c(n(-c4ccccc4)c4ccccc34)-c3ccccc32)c1. The fourth-order valence-electron chi connectivity index (χ4n) is 5.38. The van der Waals surface area contributed by atoms with Gasteiger partial charge in [-0.1, -0.05) is 94.8 Å². The van der Waals surface area contributed by atoms with E-state index in [1.54, 1.807) is 0 Å². The Balaban J connectivity index is 1.69. The van der Waals surface area contributed by atoms with Crippen LogP contribution < -0.4 is 4.90 Å². The third-order valence-electron chi connectivity index (χ3n) is 6.77. The van der Waals surface area contributed by atoms with Gasteiger partial charge >= 0.3 is 0 Å². The summed E-state index contributed by atoms with van der Waals surface area (Å²) in [5.74, 6) is 0. The Kier molecular flexibility index (Phi) is 4.64. The quantitative estimate of drug-likeness (QED) is 0.224. The van der Waals surface area contributed by atoms with Gasteiger partial charge in [0.15, 0.2) is 0 Å². The highest BCUT2D eigenvalue weighted by Crippen LogP contribution is 2.54. The largest absolute Gasteiger partial charge is 0.309 e. The minimum Gasteiger partial charge on any atom is -0.309 e. The lowest BCUT2D eigenvalue weighted by Crippen LogP contribution is -2.11. The van der Waals surface area contributed by atoms with E-state index in [-0.39, 0.29) is 0 Å². The van der Waals surface area contributed by atoms with Crippen molar-refractivity contribution in [3.05, 3.63) is 132 Å². The van der Waals surface area contributed by atoms with Crippen molar-refractivity contribution in [1.29, 1.82) is 0 Å². The van der Waals surface area contributed by atoms with Crippen molar-refractivity contribution in [3.63, 3.8) is 0 Å². The number of fused-ring (bicyclic) bond motifs is 7. The number of nitrogens with zero attached hydrogens (tertiary/aromatic N) is 2. The number of rotatable bonds is 2. The van der Waals surface area contributed by atoms with Crippen LogP contribution in [0.4, 0.5) is 17.1 Å². The Morgan fingerprint density at radius 3 is 1.94 bits per heavy atom. The van der Waals surface area contributed by atoms with Crippen LogP contribution in [-0.4, -0.2) is 4.57 Å². The second kappa shape index (κ2) is 8.00. The van der Waals surface area contributed by atoms with E-state index in [0.29, 0.717) is 0 Å². The van der Waals surface area contributed by atoms with Crippen molar-refractivity contribution in [2.45, 2.75) is 0 Å². The average Bonchev–Trinajstić information content (AvgIpc) is 3.19. The number of anilines is 3. The Morgan fingerprint density at radius 2 is 1.14 bits per heavy atom. The Hall–Kier alpha value is -4.08. The molecule has 0 unspecified atom stereocenters. The van der Waals surface area contributed by atoms with Crippen molar-refractivity contribution in [2.75, 3.05) is 4.90 Å². The first-order valence-electron chi connectivity index (χ1n) is 11.7. The topological polar surface area (TPSA) is 8.17 Å². The molecule has 35 heavy (non-hydrogen) atoms. The molecule has 0 saturated carbocycles. The summed E-state index contributed by atoms with van der Waals surface area (Å²) in [4.78, 5) is 2.39. The predicted molar refractivity (Wildman–Crippen MR) is 150 cm³/mol. The lowest BCUT2D eigenvalue weighted by atomic mass is 9.98. The van der Waals surface area contributed by atoms with Crippen molar-refractivity contribution in [1.82, 2.24) is 4.57 Å². The van der Waals surface area contributed by atoms with E-state index in [1.165, 1.54) is 39.0 Å². The summed E-state index contributed by atoms with van der Waals surface area (Å²) in [7, 11) is 0. The highest BCUT2D eigenvalue weighted by Gasteiger charge is 2.30. The summed E-state index contributed by atoms with van der Waals surface area (Å²) in [6.45, 7) is 0. The number of benzene rings is 5. The van der Waals surface area contributed by atoms with Gasteiger partial charge in [0, 0.05) is 37.9 Å². The Labute approximate surface area is 212 Å². The van der Waals surface area contributed by atoms with E-state index in [4.69, 9.17) is 0 Å². The molecule has 0 N–H and O–H groups in total. The van der Waals surface area contributed by atoms with Crippen molar-refractivity contribution < 1.29 is 0 Å². The molecule has 166 valence electrons. The summed E-state index contributed by atoms with van der Waals surface area (Å²) in [5, 5.41) is 1.25. The van der Waals surface area contributed by atoms with Crippen LogP contribution in [-0.2, 0) is 0 Å². The van der Waals surface area contributed by atoms with Crippen LogP contribution >= 0.6 is 15.9 Å². The first-order chi connectivity index (χ1) is 17.3. The fraction of sp³-hybridized carbons (Fsp3) is 0. The molecule has 0 spiro atoms. The van der Waals surface area contributed by atoms with Crippen LogP contribution in [0.25, 0.3) is 39.0 Å². The van der Waals surface area contributed by atoms with Crippen LogP contribution in [0.5, 0.6) is 0 Å². The first-order valence-corrected chi connectivity index (χ1v) is 12.5. The molecule has 3 heteroatoms. The van der Waals surface area contributed by atoms with Gasteiger partial charge in [-0.15, -0.1) is 0 Å². The molecular formula is C32H21BrN2. The molecule has 7 rings (SSSR count). The van der Waals surface area contributed by atoms with E-state index < -0.39 is 0 Å². The lowest BCUT2D eigenvalue weighted by Gasteiger charge is -2.27. The predicted octanol–water partition coefficient (Wildman–Crippen LogP) is 9.51. The molecule has 0 fully saturated rings. The molecule has 6 aromatic rings. The van der Waals surface area contributed by atoms with Crippen LogP contribution in [0.2, 0.25) is 0 Å². The van der Waals surface area contributed by atoms with Crippen molar-refractivity contribution in [3.8, 4) is 28.1 Å². The molecular weight excluding hydrogens is 492 g/mol. The Morgan fingerprint density at radius 1 is 0.514 bits per heavy atom. The van der Waals surface area contributed by atoms with Gasteiger partial charge in [0.25, 0.3) is 0 Å². The molecule has 5 aromatic carbocycles. The van der Waals surface area contributed by atoms with E-state index in [0.717, 1.165) is 21.5 Å². The lowest BCUT2D eigenvalue weighted by molar-refractivity contribution is 1.13. The van der Waals surface area contributed by atoms with Gasteiger partial charge in [0.05, 0.1) is 22.6 Å². The van der Waals surface area contributed by atoms with E-state index in [9.17, 15) is 0 Å². The smallest absolute Gasteiger partial charge is 0.0641 e. The summed E-state index contributed by atoms with van der Waals surface area (Å²) in [6, 6.07) is 45.5. The average molecular weight is 513 g/mol. The summed E-state index contributed by atoms with van der Waals surface area (Å²) in [6.07, 6.45) is 0. The van der Waals surface area contributed by atoms with Gasteiger partial charge in [-0.25, -0.2) is 0 Å². The zero-order valence-corrected chi connectivity index (χ0v) is 20.5. The molecule has 0 atom stereocenters. The Bertz CT molecular complexity index is 1720. The fourth-order valence-corrected chi connectivity index (χ4v) is 5.77. The van der Waals surface area contributed by atoms with Gasteiger partial charge in [0.1, 0.15) is 0 Å². The van der Waals surface area contributed by atoms with Crippen LogP contribution in [0.3, 0.4) is 0 Å². The van der Waals surface area contributed by atoms with Crippen molar-refractivity contribution in [2.24, 2.45) is 0 Å². The van der Waals surface area contributed by atoms with Gasteiger partial charge < -0.3 is 9.47 Å². The second-order valence-electron chi connectivity index (χ2n) is 8.76. The summed E-state index contributed by atoms with van der Waals surface area (Å²) in [5.41, 5.74) is 10.8. The molecule has 1 aliphatic rings. The third-order valence-corrected chi connectivity index (χ3v) is 7.26.